The van der Waals surface area contributed by atoms with Crippen molar-refractivity contribution in [3.05, 3.63) is 53.3 Å². The molecule has 0 radical (unpaired) electrons. The van der Waals surface area contributed by atoms with Crippen molar-refractivity contribution in [1.29, 1.82) is 5.26 Å². The molecule has 1 heterocycles. The van der Waals surface area contributed by atoms with E-state index in [0.717, 1.165) is 11.3 Å². The Morgan fingerprint density at radius 3 is 3.00 bits per heavy atom. The summed E-state index contributed by atoms with van der Waals surface area (Å²) >= 11 is 0. The molecule has 1 aromatic carbocycles. The Kier molecular flexibility index (Phi) is 2.99. The number of aliphatic hydroxyl groups excluding tert-OH is 1. The lowest BCUT2D eigenvalue weighted by molar-refractivity contribution is 0.269. The smallest absolute Gasteiger partial charge is 0.0991 e. The maximum absolute atomic E-state index is 9.07. The molecular formula is C12H11N3O. The van der Waals surface area contributed by atoms with E-state index >= 15 is 0 Å². The van der Waals surface area contributed by atoms with Gasteiger partial charge in [0.2, 0.25) is 0 Å². The Hall–Kier alpha value is -2.12. The fourth-order valence-corrected chi connectivity index (χ4v) is 1.55. The molecule has 0 aliphatic rings. The molecule has 0 bridgehead atoms. The number of rotatable bonds is 3. The van der Waals surface area contributed by atoms with Crippen LogP contribution in [0, 0.1) is 11.3 Å². The van der Waals surface area contributed by atoms with Gasteiger partial charge in [0.25, 0.3) is 0 Å². The number of hydrogen-bond acceptors (Lipinski definition) is 3. The first-order valence-electron chi connectivity index (χ1n) is 4.94. The number of aromatic nitrogens is 2. The second-order valence-corrected chi connectivity index (χ2v) is 3.45. The first-order chi connectivity index (χ1) is 7.83. The van der Waals surface area contributed by atoms with Crippen molar-refractivity contribution in [2.45, 2.75) is 13.2 Å². The van der Waals surface area contributed by atoms with Gasteiger partial charge in [-0.05, 0) is 23.8 Å². The molecule has 80 valence electrons. The van der Waals surface area contributed by atoms with Crippen molar-refractivity contribution < 1.29 is 5.11 Å². The van der Waals surface area contributed by atoms with Gasteiger partial charge in [-0.25, -0.2) is 0 Å². The van der Waals surface area contributed by atoms with Crippen molar-refractivity contribution in [3.8, 4) is 6.07 Å². The fraction of sp³-hybridized carbons (Fsp3) is 0.167. The average Bonchev–Trinajstić information content (AvgIpc) is 2.76. The van der Waals surface area contributed by atoms with Crippen LogP contribution in [0.1, 0.15) is 16.8 Å². The molecule has 4 heteroatoms. The van der Waals surface area contributed by atoms with Crippen LogP contribution in [-0.4, -0.2) is 14.9 Å². The molecule has 0 fully saturated rings. The summed E-state index contributed by atoms with van der Waals surface area (Å²) in [6, 6.07) is 11.2. The fourth-order valence-electron chi connectivity index (χ4n) is 1.55. The highest BCUT2D eigenvalue weighted by Crippen LogP contribution is 2.08. The number of aliphatic hydroxyl groups is 1. The highest BCUT2D eigenvalue weighted by molar-refractivity contribution is 5.32. The summed E-state index contributed by atoms with van der Waals surface area (Å²) in [6.07, 6.45) is 1.65. The maximum Gasteiger partial charge on any atom is 0.0991 e. The summed E-state index contributed by atoms with van der Waals surface area (Å²) in [6.45, 7) is 0.538. The summed E-state index contributed by atoms with van der Waals surface area (Å²) in [7, 11) is 0. The van der Waals surface area contributed by atoms with Crippen LogP contribution >= 0.6 is 0 Å². The van der Waals surface area contributed by atoms with Crippen LogP contribution in [0.15, 0.2) is 36.5 Å². The average molecular weight is 213 g/mol. The lowest BCUT2D eigenvalue weighted by Crippen LogP contribution is -2.06. The zero-order chi connectivity index (χ0) is 11.4. The molecule has 1 N–H and O–H groups in total. The van der Waals surface area contributed by atoms with Crippen LogP contribution in [0.25, 0.3) is 0 Å². The Labute approximate surface area is 93.4 Å². The summed E-state index contributed by atoms with van der Waals surface area (Å²) in [5.74, 6) is 0. The van der Waals surface area contributed by atoms with E-state index in [1.54, 1.807) is 23.0 Å². The first kappa shape index (κ1) is 10.4. The van der Waals surface area contributed by atoms with Crippen LogP contribution in [-0.2, 0) is 13.2 Å². The number of benzene rings is 1. The van der Waals surface area contributed by atoms with Crippen LogP contribution < -0.4 is 0 Å². The minimum atomic E-state index is -0.0298. The van der Waals surface area contributed by atoms with E-state index in [-0.39, 0.29) is 6.61 Å². The van der Waals surface area contributed by atoms with Crippen molar-refractivity contribution in [2.24, 2.45) is 0 Å². The molecule has 16 heavy (non-hydrogen) atoms. The van der Waals surface area contributed by atoms with Gasteiger partial charge in [-0.15, -0.1) is 0 Å². The largest absolute Gasteiger partial charge is 0.390 e. The summed E-state index contributed by atoms with van der Waals surface area (Å²) in [5, 5.41) is 22.0. The molecule has 4 nitrogen and oxygen atoms in total. The van der Waals surface area contributed by atoms with Crippen molar-refractivity contribution >= 4 is 0 Å². The Bertz CT molecular complexity index is 525. The van der Waals surface area contributed by atoms with Gasteiger partial charge >= 0.3 is 0 Å². The van der Waals surface area contributed by atoms with E-state index in [9.17, 15) is 0 Å². The molecule has 0 aliphatic carbocycles. The van der Waals surface area contributed by atoms with Crippen molar-refractivity contribution in [3.63, 3.8) is 0 Å². The predicted octanol–water partition coefficient (Wildman–Crippen LogP) is 1.30. The van der Waals surface area contributed by atoms with E-state index in [2.05, 4.69) is 11.2 Å². The summed E-state index contributed by atoms with van der Waals surface area (Å²) in [4.78, 5) is 0. The van der Waals surface area contributed by atoms with E-state index in [0.29, 0.717) is 12.1 Å². The van der Waals surface area contributed by atoms with Gasteiger partial charge < -0.3 is 5.11 Å². The van der Waals surface area contributed by atoms with Gasteiger partial charge in [0.05, 0.1) is 30.5 Å². The van der Waals surface area contributed by atoms with Crippen LogP contribution in [0.2, 0.25) is 0 Å². The molecular weight excluding hydrogens is 202 g/mol. The van der Waals surface area contributed by atoms with E-state index in [4.69, 9.17) is 10.4 Å². The molecule has 0 saturated heterocycles. The van der Waals surface area contributed by atoms with Gasteiger partial charge in [-0.3, -0.25) is 4.68 Å². The van der Waals surface area contributed by atoms with Gasteiger partial charge in [0.1, 0.15) is 0 Å². The first-order valence-corrected chi connectivity index (χ1v) is 4.94. The molecule has 0 spiro atoms. The molecule has 2 aromatic rings. The highest BCUT2D eigenvalue weighted by Gasteiger charge is 2.02. The third kappa shape index (κ3) is 2.10. The van der Waals surface area contributed by atoms with E-state index < -0.39 is 0 Å². The lowest BCUT2D eigenvalue weighted by Gasteiger charge is -2.05. The number of nitriles is 1. The summed E-state index contributed by atoms with van der Waals surface area (Å²) in [5.41, 5.74) is 2.40. The molecule has 0 aliphatic heterocycles. The number of nitrogens with zero attached hydrogens (tertiary/aromatic N) is 3. The molecule has 0 atom stereocenters. The second-order valence-electron chi connectivity index (χ2n) is 3.45. The molecule has 0 saturated carbocycles. The van der Waals surface area contributed by atoms with Crippen molar-refractivity contribution in [2.75, 3.05) is 0 Å². The Morgan fingerprint density at radius 2 is 2.25 bits per heavy atom. The molecule has 2 rings (SSSR count). The third-order valence-electron chi connectivity index (χ3n) is 2.35. The quantitative estimate of drug-likeness (QED) is 0.835. The minimum absolute atomic E-state index is 0.0298. The summed E-state index contributed by atoms with van der Waals surface area (Å²) < 4.78 is 1.72. The number of hydrogen-bond donors (Lipinski definition) is 1. The Morgan fingerprint density at radius 1 is 1.38 bits per heavy atom. The van der Waals surface area contributed by atoms with Gasteiger partial charge in [-0.2, -0.15) is 10.4 Å². The van der Waals surface area contributed by atoms with E-state index in [1.807, 2.05) is 18.2 Å². The van der Waals surface area contributed by atoms with Crippen LogP contribution in [0.5, 0.6) is 0 Å². The van der Waals surface area contributed by atoms with Gasteiger partial charge in [0, 0.05) is 6.20 Å². The van der Waals surface area contributed by atoms with Gasteiger partial charge in [-0.1, -0.05) is 12.1 Å². The second kappa shape index (κ2) is 4.60. The van der Waals surface area contributed by atoms with Crippen molar-refractivity contribution in [1.82, 2.24) is 9.78 Å². The topological polar surface area (TPSA) is 61.8 Å². The standard InChI is InChI=1S/C12H11N3O/c13-7-10-2-1-3-11(6-10)8-15-12(9-16)4-5-14-15/h1-6,16H,8-9H2. The van der Waals surface area contributed by atoms with Crippen LogP contribution in [0.3, 0.4) is 0 Å². The molecule has 0 unspecified atom stereocenters. The Balaban J connectivity index is 2.24. The van der Waals surface area contributed by atoms with E-state index in [1.165, 1.54) is 0 Å². The predicted molar refractivity (Wildman–Crippen MR) is 58.4 cm³/mol. The zero-order valence-electron chi connectivity index (χ0n) is 8.67. The zero-order valence-corrected chi connectivity index (χ0v) is 8.67. The maximum atomic E-state index is 9.07. The lowest BCUT2D eigenvalue weighted by atomic mass is 10.1. The highest BCUT2D eigenvalue weighted by atomic mass is 16.3. The van der Waals surface area contributed by atoms with Crippen LogP contribution in [0.4, 0.5) is 0 Å². The SMILES string of the molecule is N#Cc1cccc(Cn2nccc2CO)c1. The molecule has 1 aromatic heterocycles. The van der Waals surface area contributed by atoms with Gasteiger partial charge in [0.15, 0.2) is 0 Å². The monoisotopic (exact) mass is 213 g/mol. The normalized spacial score (nSPS) is 10.0. The minimum Gasteiger partial charge on any atom is -0.390 e. The molecule has 0 amide bonds. The third-order valence-corrected chi connectivity index (χ3v) is 2.35.